The molecule has 0 radical (unpaired) electrons. The van der Waals surface area contributed by atoms with Crippen LogP contribution in [0.25, 0.3) is 0 Å². The monoisotopic (exact) mass is 458 g/mol. The van der Waals surface area contributed by atoms with E-state index in [4.69, 9.17) is 23.4 Å². The van der Waals surface area contributed by atoms with Gasteiger partial charge in [0.25, 0.3) is 0 Å². The fourth-order valence-corrected chi connectivity index (χ4v) is 6.40. The molecule has 9 heteroatoms. The first-order valence-electron chi connectivity index (χ1n) is 11.1. The predicted octanol–water partition coefficient (Wildman–Crippen LogP) is 2.79. The van der Waals surface area contributed by atoms with Crippen molar-refractivity contribution in [2.45, 2.75) is 58.2 Å². The molecule has 176 valence electrons. The minimum absolute atomic E-state index is 0.174. The smallest absolute Gasteiger partial charge is 0.317 e. The highest BCUT2D eigenvalue weighted by molar-refractivity contribution is 6.06. The summed E-state index contributed by atoms with van der Waals surface area (Å²) in [4.78, 5) is 51.6. The van der Waals surface area contributed by atoms with E-state index in [1.165, 1.54) is 26.4 Å². The van der Waals surface area contributed by atoms with Crippen molar-refractivity contribution in [1.29, 1.82) is 0 Å². The zero-order valence-corrected chi connectivity index (χ0v) is 18.8. The molecule has 9 nitrogen and oxygen atoms in total. The molecular formula is C24H26O9. The highest BCUT2D eigenvalue weighted by Crippen LogP contribution is 2.69. The summed E-state index contributed by atoms with van der Waals surface area (Å²) in [6.45, 7) is 4.18. The minimum atomic E-state index is -1.36. The molecule has 1 aromatic heterocycles. The number of furan rings is 1. The third-order valence-electron chi connectivity index (χ3n) is 7.97. The lowest BCUT2D eigenvalue weighted by atomic mass is 9.45. The van der Waals surface area contributed by atoms with Crippen molar-refractivity contribution in [2.75, 3.05) is 13.2 Å². The van der Waals surface area contributed by atoms with Crippen LogP contribution < -0.4 is 0 Å². The fourth-order valence-electron chi connectivity index (χ4n) is 6.40. The standard InChI is InChI=1S/C24H26O9/c1-13-19(32-15(3)26)20(27)24(12-30-14(2)25)18(5-4-7-22(24)11-31-22)23(13)9-17(33-21(23)28)16-6-8-29-10-16/h6,8,10,17-18H,4-5,7,9,11-12H2,1-3H3/t17-,18+,22-,23+,24-/m0/s1. The van der Waals surface area contributed by atoms with E-state index in [1.54, 1.807) is 13.0 Å². The van der Waals surface area contributed by atoms with Gasteiger partial charge in [-0.2, -0.15) is 0 Å². The molecule has 0 bridgehead atoms. The highest BCUT2D eigenvalue weighted by atomic mass is 16.6. The Bertz CT molecular complexity index is 1060. The Hall–Kier alpha value is -2.94. The summed E-state index contributed by atoms with van der Waals surface area (Å²) in [6, 6.07) is 1.73. The molecule has 3 fully saturated rings. The Morgan fingerprint density at radius 3 is 2.58 bits per heavy atom. The van der Waals surface area contributed by atoms with Gasteiger partial charge in [-0.05, 0) is 37.3 Å². The van der Waals surface area contributed by atoms with E-state index >= 15 is 0 Å². The Morgan fingerprint density at radius 2 is 1.97 bits per heavy atom. The zero-order chi connectivity index (χ0) is 23.6. The second-order valence-electron chi connectivity index (χ2n) is 9.48. The maximum Gasteiger partial charge on any atom is 0.317 e. The topological polar surface area (TPSA) is 122 Å². The number of esters is 3. The van der Waals surface area contributed by atoms with Crippen LogP contribution >= 0.6 is 0 Å². The summed E-state index contributed by atoms with van der Waals surface area (Å²) in [5.74, 6) is -2.88. The Kier molecular flexibility index (Phi) is 4.83. The van der Waals surface area contributed by atoms with Gasteiger partial charge in [-0.15, -0.1) is 0 Å². The molecule has 1 aromatic rings. The molecule has 2 aliphatic carbocycles. The van der Waals surface area contributed by atoms with E-state index in [0.29, 0.717) is 30.6 Å². The van der Waals surface area contributed by atoms with Crippen molar-refractivity contribution in [3.63, 3.8) is 0 Å². The van der Waals surface area contributed by atoms with Gasteiger partial charge in [-0.1, -0.05) is 6.42 Å². The lowest BCUT2D eigenvalue weighted by Gasteiger charge is -2.55. The normalized spacial score (nSPS) is 37.2. The molecule has 4 aliphatic rings. The number of cyclic esters (lactones) is 1. The Labute approximate surface area is 190 Å². The van der Waals surface area contributed by atoms with Crippen LogP contribution in [-0.2, 0) is 38.1 Å². The van der Waals surface area contributed by atoms with Crippen molar-refractivity contribution in [1.82, 2.24) is 0 Å². The number of carbonyl (C=O) groups excluding carboxylic acids is 4. The molecule has 0 N–H and O–H groups in total. The molecule has 1 saturated carbocycles. The Morgan fingerprint density at radius 1 is 1.21 bits per heavy atom. The molecule has 2 saturated heterocycles. The average Bonchev–Trinajstić information content (AvgIpc) is 3.19. The minimum Gasteiger partial charge on any atom is -0.472 e. The number of hydrogen-bond donors (Lipinski definition) is 0. The Balaban J connectivity index is 1.72. The second kappa shape index (κ2) is 7.28. The van der Waals surface area contributed by atoms with Crippen LogP contribution in [0.2, 0.25) is 0 Å². The average molecular weight is 458 g/mol. The maximum atomic E-state index is 14.1. The number of ether oxygens (including phenoxy) is 4. The van der Waals surface area contributed by atoms with Gasteiger partial charge in [0, 0.05) is 25.8 Å². The van der Waals surface area contributed by atoms with Crippen LogP contribution in [0, 0.1) is 16.7 Å². The van der Waals surface area contributed by atoms with Gasteiger partial charge < -0.3 is 23.4 Å². The van der Waals surface area contributed by atoms with E-state index in [-0.39, 0.29) is 18.8 Å². The van der Waals surface area contributed by atoms with E-state index in [0.717, 1.165) is 6.42 Å². The molecular weight excluding hydrogens is 432 g/mol. The van der Waals surface area contributed by atoms with Crippen LogP contribution in [0.1, 0.15) is 58.1 Å². The third-order valence-corrected chi connectivity index (χ3v) is 7.97. The lowest BCUT2D eigenvalue weighted by Crippen LogP contribution is -2.65. The summed E-state index contributed by atoms with van der Waals surface area (Å²) >= 11 is 0. The quantitative estimate of drug-likeness (QED) is 0.381. The maximum absolute atomic E-state index is 14.1. The van der Waals surface area contributed by atoms with E-state index in [9.17, 15) is 19.2 Å². The summed E-state index contributed by atoms with van der Waals surface area (Å²) in [5, 5.41) is 0. The van der Waals surface area contributed by atoms with Crippen molar-refractivity contribution in [2.24, 2.45) is 16.7 Å². The lowest BCUT2D eigenvalue weighted by molar-refractivity contribution is -0.176. The molecule has 0 aromatic carbocycles. The van der Waals surface area contributed by atoms with Gasteiger partial charge in [0.05, 0.1) is 19.1 Å². The first-order valence-corrected chi connectivity index (χ1v) is 11.1. The van der Waals surface area contributed by atoms with Crippen LogP contribution in [-0.4, -0.2) is 42.5 Å². The summed E-state index contributed by atoms with van der Waals surface area (Å²) < 4.78 is 27.8. The van der Waals surface area contributed by atoms with Crippen molar-refractivity contribution in [3.8, 4) is 0 Å². The van der Waals surface area contributed by atoms with Gasteiger partial charge in [0.1, 0.15) is 29.1 Å². The van der Waals surface area contributed by atoms with Crippen LogP contribution in [0.5, 0.6) is 0 Å². The first-order chi connectivity index (χ1) is 15.7. The van der Waals surface area contributed by atoms with Crippen LogP contribution in [0.15, 0.2) is 34.3 Å². The molecule has 5 rings (SSSR count). The number of carbonyl (C=O) groups is 4. The number of epoxide rings is 1. The van der Waals surface area contributed by atoms with Gasteiger partial charge in [0.2, 0.25) is 5.78 Å². The number of allylic oxidation sites excluding steroid dienone is 1. The largest absolute Gasteiger partial charge is 0.472 e. The van der Waals surface area contributed by atoms with Crippen molar-refractivity contribution < 1.29 is 42.5 Å². The molecule has 0 amide bonds. The SMILES string of the molecule is CC(=O)OC[C@@]12C(=O)C(OC(C)=O)=C(C)[C@]3(C[C@@H](c4ccoc4)OC3=O)[C@H]1CCC[C@]21CO1. The number of hydrogen-bond acceptors (Lipinski definition) is 9. The first kappa shape index (κ1) is 21.9. The van der Waals surface area contributed by atoms with E-state index in [2.05, 4.69) is 0 Å². The summed E-state index contributed by atoms with van der Waals surface area (Å²) in [7, 11) is 0. The molecule has 5 atom stereocenters. The summed E-state index contributed by atoms with van der Waals surface area (Å²) in [6.07, 6.45) is 4.55. The van der Waals surface area contributed by atoms with E-state index in [1.807, 2.05) is 0 Å². The molecule has 3 heterocycles. The van der Waals surface area contributed by atoms with Crippen molar-refractivity contribution >= 4 is 23.7 Å². The van der Waals surface area contributed by atoms with E-state index < -0.39 is 52.1 Å². The van der Waals surface area contributed by atoms with Crippen LogP contribution in [0.3, 0.4) is 0 Å². The van der Waals surface area contributed by atoms with Gasteiger partial charge >= 0.3 is 17.9 Å². The molecule has 2 spiro atoms. The predicted molar refractivity (Wildman–Crippen MR) is 109 cm³/mol. The number of Topliss-reactive ketones (excluding diaryl/α,β-unsaturated/α-hetero) is 1. The zero-order valence-electron chi connectivity index (χ0n) is 18.8. The third kappa shape index (κ3) is 2.87. The van der Waals surface area contributed by atoms with Crippen molar-refractivity contribution in [3.05, 3.63) is 35.5 Å². The molecule has 2 aliphatic heterocycles. The molecule has 0 unspecified atom stereocenters. The van der Waals surface area contributed by atoms with Crippen LogP contribution in [0.4, 0.5) is 0 Å². The second-order valence-corrected chi connectivity index (χ2v) is 9.48. The van der Waals surface area contributed by atoms with Gasteiger partial charge in [-0.25, -0.2) is 0 Å². The highest BCUT2D eigenvalue weighted by Gasteiger charge is 2.78. The number of ketones is 1. The number of fused-ring (bicyclic) bond motifs is 3. The number of rotatable bonds is 4. The fraction of sp³-hybridized carbons (Fsp3) is 0.583. The van der Waals surface area contributed by atoms with Gasteiger partial charge in [0.15, 0.2) is 5.76 Å². The molecule has 33 heavy (non-hydrogen) atoms. The van der Waals surface area contributed by atoms with Gasteiger partial charge in [-0.3, -0.25) is 19.2 Å². The summed E-state index contributed by atoms with van der Waals surface area (Å²) in [5.41, 5.74) is -2.39.